The number of carboxylic acid groups (broad SMARTS) is 1. The van der Waals surface area contributed by atoms with Gasteiger partial charge in [0.05, 0.1) is 15.6 Å². The molecule has 2 N–H and O–H groups in total. The Balaban J connectivity index is 1.91. The Morgan fingerprint density at radius 3 is 2.52 bits per heavy atom. The van der Waals surface area contributed by atoms with Gasteiger partial charge in [-0.25, -0.2) is 4.79 Å². The Hall–Kier alpha value is -1.55. The number of rotatable bonds is 6. The lowest BCUT2D eigenvalue weighted by atomic mass is 10.0. The van der Waals surface area contributed by atoms with Gasteiger partial charge in [0.15, 0.2) is 0 Å². The van der Waals surface area contributed by atoms with E-state index in [9.17, 15) is 4.79 Å². The number of hydrogen-bond donors (Lipinski definition) is 2. The van der Waals surface area contributed by atoms with Crippen LogP contribution in [0.1, 0.15) is 21.5 Å². The minimum absolute atomic E-state index is 0.347. The van der Waals surface area contributed by atoms with E-state index in [0.717, 1.165) is 11.1 Å². The molecule has 0 spiro atoms. The quantitative estimate of drug-likeness (QED) is 0.789. The van der Waals surface area contributed by atoms with Gasteiger partial charge in [0, 0.05) is 6.54 Å². The molecule has 0 saturated heterocycles. The summed E-state index contributed by atoms with van der Waals surface area (Å²) in [5.74, 6) is -0.900. The van der Waals surface area contributed by atoms with Gasteiger partial charge in [-0.15, -0.1) is 0 Å². The van der Waals surface area contributed by atoms with Crippen molar-refractivity contribution in [3.63, 3.8) is 0 Å². The Morgan fingerprint density at radius 1 is 1.05 bits per heavy atom. The van der Waals surface area contributed by atoms with Crippen LogP contribution < -0.4 is 5.32 Å². The molecule has 0 radical (unpaired) electrons. The predicted octanol–water partition coefficient (Wildman–Crippen LogP) is 4.02. The lowest BCUT2D eigenvalue weighted by molar-refractivity contribution is 0.0695. The maximum atomic E-state index is 11.1. The SMILES string of the molecule is O=C(O)c1ccccc1CCNCc1cccc(Cl)c1Cl. The Bertz CT molecular complexity index is 644. The molecule has 0 fully saturated rings. The summed E-state index contributed by atoms with van der Waals surface area (Å²) in [6, 6.07) is 12.5. The molecule has 2 aromatic carbocycles. The van der Waals surface area contributed by atoms with Crippen molar-refractivity contribution in [2.24, 2.45) is 0 Å². The van der Waals surface area contributed by atoms with Crippen molar-refractivity contribution in [3.8, 4) is 0 Å². The van der Waals surface area contributed by atoms with Crippen molar-refractivity contribution in [1.82, 2.24) is 5.32 Å². The maximum Gasteiger partial charge on any atom is 0.335 e. The summed E-state index contributed by atoms with van der Waals surface area (Å²) in [4.78, 5) is 11.1. The third kappa shape index (κ3) is 4.21. The first-order valence-corrected chi connectivity index (χ1v) is 7.30. The van der Waals surface area contributed by atoms with Crippen LogP contribution >= 0.6 is 23.2 Å². The van der Waals surface area contributed by atoms with Gasteiger partial charge >= 0.3 is 5.97 Å². The van der Waals surface area contributed by atoms with Gasteiger partial charge < -0.3 is 10.4 Å². The van der Waals surface area contributed by atoms with Crippen molar-refractivity contribution in [2.75, 3.05) is 6.54 Å². The fourth-order valence-corrected chi connectivity index (χ4v) is 2.46. The highest BCUT2D eigenvalue weighted by molar-refractivity contribution is 6.42. The molecule has 0 saturated carbocycles. The minimum Gasteiger partial charge on any atom is -0.478 e. The fraction of sp³-hybridized carbons (Fsp3) is 0.188. The van der Waals surface area contributed by atoms with E-state index in [2.05, 4.69) is 5.32 Å². The summed E-state index contributed by atoms with van der Waals surface area (Å²) >= 11 is 12.1. The lowest BCUT2D eigenvalue weighted by Crippen LogP contribution is -2.18. The summed E-state index contributed by atoms with van der Waals surface area (Å²) < 4.78 is 0. The van der Waals surface area contributed by atoms with Crippen LogP contribution in [0.15, 0.2) is 42.5 Å². The van der Waals surface area contributed by atoms with Crippen molar-refractivity contribution < 1.29 is 9.90 Å². The van der Waals surface area contributed by atoms with Crippen LogP contribution in [0.5, 0.6) is 0 Å². The summed E-state index contributed by atoms with van der Waals surface area (Å²) in [5, 5.41) is 13.5. The van der Waals surface area contributed by atoms with Crippen LogP contribution in [0.25, 0.3) is 0 Å². The molecule has 0 aliphatic rings. The molecule has 110 valence electrons. The van der Waals surface area contributed by atoms with E-state index in [1.165, 1.54) is 0 Å². The summed E-state index contributed by atoms with van der Waals surface area (Å²) in [7, 11) is 0. The molecule has 0 amide bonds. The summed E-state index contributed by atoms with van der Waals surface area (Å²) in [6.07, 6.45) is 0.640. The number of benzene rings is 2. The molecule has 3 nitrogen and oxygen atoms in total. The van der Waals surface area contributed by atoms with Gasteiger partial charge in [-0.3, -0.25) is 0 Å². The standard InChI is InChI=1S/C16H15Cl2NO2/c17-14-7-3-5-12(15(14)18)10-19-9-8-11-4-1-2-6-13(11)16(20)21/h1-7,19H,8-10H2,(H,20,21). The van der Waals surface area contributed by atoms with Crippen LogP contribution in [0.3, 0.4) is 0 Å². The van der Waals surface area contributed by atoms with Crippen molar-refractivity contribution >= 4 is 29.2 Å². The molecule has 21 heavy (non-hydrogen) atoms. The minimum atomic E-state index is -0.900. The van der Waals surface area contributed by atoms with E-state index >= 15 is 0 Å². The largest absolute Gasteiger partial charge is 0.478 e. The molecule has 0 atom stereocenters. The van der Waals surface area contributed by atoms with E-state index in [4.69, 9.17) is 28.3 Å². The van der Waals surface area contributed by atoms with Crippen molar-refractivity contribution in [3.05, 3.63) is 69.2 Å². The van der Waals surface area contributed by atoms with Crippen LogP contribution in [0.4, 0.5) is 0 Å². The van der Waals surface area contributed by atoms with E-state index in [0.29, 0.717) is 35.1 Å². The normalized spacial score (nSPS) is 10.6. The fourth-order valence-electron chi connectivity index (χ4n) is 2.08. The van der Waals surface area contributed by atoms with Gasteiger partial charge in [0.1, 0.15) is 0 Å². The molecular weight excluding hydrogens is 309 g/mol. The summed E-state index contributed by atoms with van der Waals surface area (Å²) in [6.45, 7) is 1.25. The number of carboxylic acids is 1. The van der Waals surface area contributed by atoms with Crippen LogP contribution in [0.2, 0.25) is 10.0 Å². The van der Waals surface area contributed by atoms with Crippen LogP contribution in [-0.4, -0.2) is 17.6 Å². The zero-order valence-corrected chi connectivity index (χ0v) is 12.8. The highest BCUT2D eigenvalue weighted by atomic mass is 35.5. The highest BCUT2D eigenvalue weighted by Crippen LogP contribution is 2.25. The van der Waals surface area contributed by atoms with Gasteiger partial charge in [-0.05, 0) is 36.2 Å². The molecule has 0 bridgehead atoms. The molecule has 0 aliphatic heterocycles. The first kappa shape index (κ1) is 15.8. The summed E-state index contributed by atoms with van der Waals surface area (Å²) in [5.41, 5.74) is 2.09. The number of aromatic carboxylic acids is 1. The molecular formula is C16H15Cl2NO2. The van der Waals surface area contributed by atoms with Gasteiger partial charge in [0.25, 0.3) is 0 Å². The third-order valence-corrected chi connectivity index (χ3v) is 4.02. The second-order valence-corrected chi connectivity index (χ2v) is 5.39. The first-order chi connectivity index (χ1) is 10.1. The van der Waals surface area contributed by atoms with E-state index in [1.54, 1.807) is 18.2 Å². The smallest absolute Gasteiger partial charge is 0.335 e. The topological polar surface area (TPSA) is 49.3 Å². The molecule has 2 rings (SSSR count). The molecule has 0 aliphatic carbocycles. The maximum absolute atomic E-state index is 11.1. The molecule has 0 heterocycles. The highest BCUT2D eigenvalue weighted by Gasteiger charge is 2.08. The average molecular weight is 324 g/mol. The molecule has 0 unspecified atom stereocenters. The lowest BCUT2D eigenvalue weighted by Gasteiger charge is -2.09. The molecule has 5 heteroatoms. The van der Waals surface area contributed by atoms with Crippen molar-refractivity contribution in [2.45, 2.75) is 13.0 Å². The molecule has 2 aromatic rings. The Morgan fingerprint density at radius 2 is 1.76 bits per heavy atom. The second kappa shape index (κ2) is 7.46. The second-order valence-electron chi connectivity index (χ2n) is 4.60. The first-order valence-electron chi connectivity index (χ1n) is 6.54. The Labute approximate surface area is 133 Å². The number of halogens is 2. The van der Waals surface area contributed by atoms with E-state index in [-0.39, 0.29) is 0 Å². The zero-order chi connectivity index (χ0) is 15.2. The van der Waals surface area contributed by atoms with Crippen molar-refractivity contribution in [1.29, 1.82) is 0 Å². The molecule has 0 aromatic heterocycles. The van der Waals surface area contributed by atoms with Crippen LogP contribution in [-0.2, 0) is 13.0 Å². The van der Waals surface area contributed by atoms with Gasteiger partial charge in [0.2, 0.25) is 0 Å². The number of hydrogen-bond acceptors (Lipinski definition) is 2. The van der Waals surface area contributed by atoms with Gasteiger partial charge in [-0.2, -0.15) is 0 Å². The van der Waals surface area contributed by atoms with Gasteiger partial charge in [-0.1, -0.05) is 53.5 Å². The zero-order valence-electron chi connectivity index (χ0n) is 11.3. The van der Waals surface area contributed by atoms with Crippen LogP contribution in [0, 0.1) is 0 Å². The monoisotopic (exact) mass is 323 g/mol. The van der Waals surface area contributed by atoms with E-state index < -0.39 is 5.97 Å². The predicted molar refractivity (Wildman–Crippen MR) is 85.3 cm³/mol. The number of carbonyl (C=O) groups is 1. The van der Waals surface area contributed by atoms with E-state index in [1.807, 2.05) is 24.3 Å². The Kier molecular flexibility index (Phi) is 5.62. The average Bonchev–Trinajstić information content (AvgIpc) is 2.48. The third-order valence-electron chi connectivity index (χ3n) is 3.17. The number of nitrogens with one attached hydrogen (secondary N) is 1.